The molecule has 0 aliphatic carbocycles. The Balaban J connectivity index is 1.75. The van der Waals surface area contributed by atoms with Crippen LogP contribution in [0.5, 0.6) is 0 Å². The van der Waals surface area contributed by atoms with Gasteiger partial charge in [-0.25, -0.2) is 0 Å². The van der Waals surface area contributed by atoms with Gasteiger partial charge in [-0.1, -0.05) is 94.8 Å². The number of aromatic nitrogens is 1. The van der Waals surface area contributed by atoms with E-state index in [1.165, 1.54) is 49.4 Å². The van der Waals surface area contributed by atoms with E-state index >= 15 is 0 Å². The van der Waals surface area contributed by atoms with E-state index < -0.39 is 0 Å². The third kappa shape index (κ3) is 2.68. The van der Waals surface area contributed by atoms with Crippen LogP contribution in [0.2, 0.25) is 0 Å². The molecule has 0 atom stereocenters. The van der Waals surface area contributed by atoms with Gasteiger partial charge in [-0.3, -0.25) is 0 Å². The summed E-state index contributed by atoms with van der Waals surface area (Å²) in [7, 11) is 0. The topological polar surface area (TPSA) is 4.93 Å². The highest BCUT2D eigenvalue weighted by Gasteiger charge is 2.15. The van der Waals surface area contributed by atoms with E-state index in [0.29, 0.717) is 0 Å². The number of fused-ring (bicyclic) bond motifs is 5. The van der Waals surface area contributed by atoms with E-state index in [9.17, 15) is 0 Å². The zero-order valence-electron chi connectivity index (χ0n) is 16.2. The second-order valence-electron chi connectivity index (χ2n) is 7.60. The first-order chi connectivity index (χ1) is 14.8. The molecule has 0 aliphatic rings. The highest BCUT2D eigenvalue weighted by molar-refractivity contribution is 9.10. The number of nitrogens with zero attached hydrogens (tertiary/aromatic N) is 1. The van der Waals surface area contributed by atoms with Gasteiger partial charge >= 0.3 is 0 Å². The van der Waals surface area contributed by atoms with Crippen LogP contribution in [0.1, 0.15) is 0 Å². The number of rotatable bonds is 2. The summed E-state index contributed by atoms with van der Waals surface area (Å²) in [6, 6.07) is 39.1. The van der Waals surface area contributed by atoms with Crippen molar-refractivity contribution in [1.29, 1.82) is 0 Å². The van der Waals surface area contributed by atoms with Crippen LogP contribution in [0.25, 0.3) is 49.4 Å². The minimum absolute atomic E-state index is 1.10. The normalized spacial score (nSPS) is 11.5. The van der Waals surface area contributed by atoms with E-state index in [2.05, 4.69) is 130 Å². The lowest BCUT2D eigenvalue weighted by atomic mass is 10.0. The summed E-state index contributed by atoms with van der Waals surface area (Å²) in [5, 5.41) is 5.06. The van der Waals surface area contributed by atoms with E-state index in [-0.39, 0.29) is 0 Å². The fourth-order valence-electron chi connectivity index (χ4n) is 4.48. The molecule has 2 heteroatoms. The van der Waals surface area contributed by atoms with Crippen molar-refractivity contribution in [3.63, 3.8) is 0 Å². The van der Waals surface area contributed by atoms with E-state index in [1.807, 2.05) is 0 Å². The molecule has 0 N–H and O–H groups in total. The molecule has 142 valence electrons. The Bertz CT molecular complexity index is 1540. The number of hydrogen-bond acceptors (Lipinski definition) is 0. The van der Waals surface area contributed by atoms with Crippen LogP contribution in [0.3, 0.4) is 0 Å². The zero-order valence-corrected chi connectivity index (χ0v) is 17.8. The van der Waals surface area contributed by atoms with Crippen molar-refractivity contribution in [3.8, 4) is 16.8 Å². The van der Waals surface area contributed by atoms with Crippen LogP contribution < -0.4 is 0 Å². The molecule has 1 aromatic heterocycles. The third-order valence-corrected chi connectivity index (χ3v) is 6.32. The number of hydrogen-bond donors (Lipinski definition) is 0. The molecule has 0 saturated carbocycles. The predicted molar refractivity (Wildman–Crippen MR) is 131 cm³/mol. The van der Waals surface area contributed by atoms with Gasteiger partial charge in [-0.15, -0.1) is 0 Å². The van der Waals surface area contributed by atoms with Crippen molar-refractivity contribution in [2.45, 2.75) is 0 Å². The Kier molecular flexibility index (Phi) is 4.00. The van der Waals surface area contributed by atoms with Crippen molar-refractivity contribution in [3.05, 3.63) is 114 Å². The monoisotopic (exact) mass is 447 g/mol. The molecule has 0 amide bonds. The Labute approximate surface area is 183 Å². The second-order valence-corrected chi connectivity index (χ2v) is 8.51. The maximum atomic E-state index is 3.67. The lowest BCUT2D eigenvalue weighted by Crippen LogP contribution is -1.95. The molecule has 0 fully saturated rings. The first-order valence-corrected chi connectivity index (χ1v) is 10.9. The van der Waals surface area contributed by atoms with Crippen LogP contribution in [0.4, 0.5) is 0 Å². The largest absolute Gasteiger partial charge is 0.309 e. The summed E-state index contributed by atoms with van der Waals surface area (Å²) in [6.45, 7) is 0. The van der Waals surface area contributed by atoms with Gasteiger partial charge in [0.1, 0.15) is 0 Å². The van der Waals surface area contributed by atoms with E-state index in [0.717, 1.165) is 4.47 Å². The van der Waals surface area contributed by atoms with Crippen molar-refractivity contribution in [2.75, 3.05) is 0 Å². The summed E-state index contributed by atoms with van der Waals surface area (Å²) in [4.78, 5) is 0. The van der Waals surface area contributed by atoms with Crippen molar-refractivity contribution in [2.24, 2.45) is 0 Å². The van der Waals surface area contributed by atoms with E-state index in [1.54, 1.807) is 0 Å². The molecular weight excluding hydrogens is 430 g/mol. The van der Waals surface area contributed by atoms with Crippen LogP contribution in [-0.2, 0) is 0 Å². The van der Waals surface area contributed by atoms with Gasteiger partial charge in [0.2, 0.25) is 0 Å². The van der Waals surface area contributed by atoms with Crippen molar-refractivity contribution < 1.29 is 0 Å². The SMILES string of the molecule is Brc1ccc2c(c1)c1ccc3ccccc3c1n2-c1cccc(-c2ccccc2)c1. The fourth-order valence-corrected chi connectivity index (χ4v) is 4.84. The minimum Gasteiger partial charge on any atom is -0.309 e. The molecule has 1 heterocycles. The average Bonchev–Trinajstić information content (AvgIpc) is 3.14. The molecule has 30 heavy (non-hydrogen) atoms. The molecular formula is C28H18BrN. The van der Waals surface area contributed by atoms with Crippen molar-refractivity contribution in [1.82, 2.24) is 4.57 Å². The molecule has 1 nitrogen and oxygen atoms in total. The second kappa shape index (κ2) is 6.86. The van der Waals surface area contributed by atoms with Gasteiger partial charge in [-0.05, 0) is 46.8 Å². The summed E-state index contributed by atoms with van der Waals surface area (Å²) in [5.74, 6) is 0. The average molecular weight is 448 g/mol. The summed E-state index contributed by atoms with van der Waals surface area (Å²) >= 11 is 3.67. The highest BCUT2D eigenvalue weighted by atomic mass is 79.9. The van der Waals surface area contributed by atoms with Crippen LogP contribution in [0, 0.1) is 0 Å². The molecule has 0 aliphatic heterocycles. The highest BCUT2D eigenvalue weighted by Crippen LogP contribution is 2.38. The molecule has 6 rings (SSSR count). The van der Waals surface area contributed by atoms with Gasteiger partial charge in [0.15, 0.2) is 0 Å². The molecule has 0 bridgehead atoms. The Morgan fingerprint density at radius 3 is 2.23 bits per heavy atom. The zero-order chi connectivity index (χ0) is 20.1. The smallest absolute Gasteiger partial charge is 0.0619 e. The van der Waals surface area contributed by atoms with Gasteiger partial charge in [-0.2, -0.15) is 0 Å². The molecule has 0 radical (unpaired) electrons. The lowest BCUT2D eigenvalue weighted by Gasteiger charge is -2.12. The number of benzene rings is 5. The minimum atomic E-state index is 1.10. The quantitative estimate of drug-likeness (QED) is 0.251. The molecule has 0 unspecified atom stereocenters. The molecule has 6 aromatic rings. The third-order valence-electron chi connectivity index (χ3n) is 5.83. The van der Waals surface area contributed by atoms with Crippen LogP contribution >= 0.6 is 15.9 Å². The predicted octanol–water partition coefficient (Wildman–Crippen LogP) is 8.37. The Morgan fingerprint density at radius 2 is 1.33 bits per heavy atom. The van der Waals surface area contributed by atoms with E-state index in [4.69, 9.17) is 0 Å². The maximum Gasteiger partial charge on any atom is 0.0619 e. The van der Waals surface area contributed by atoms with Crippen LogP contribution in [-0.4, -0.2) is 4.57 Å². The van der Waals surface area contributed by atoms with Gasteiger partial charge < -0.3 is 4.57 Å². The molecule has 0 saturated heterocycles. The standard InChI is InChI=1S/C28H18BrN/c29-22-14-16-27-26(18-22)25-15-13-20-9-4-5-12-24(20)28(25)30(27)23-11-6-10-21(17-23)19-7-2-1-3-8-19/h1-18H. The number of halogens is 1. The first kappa shape index (κ1) is 17.5. The summed E-state index contributed by atoms with van der Waals surface area (Å²) in [5.41, 5.74) is 6.10. The van der Waals surface area contributed by atoms with Crippen molar-refractivity contribution >= 4 is 48.5 Å². The summed E-state index contributed by atoms with van der Waals surface area (Å²) in [6.07, 6.45) is 0. The van der Waals surface area contributed by atoms with Crippen LogP contribution in [0.15, 0.2) is 114 Å². The Morgan fingerprint density at radius 1 is 0.533 bits per heavy atom. The molecule has 5 aromatic carbocycles. The molecule has 0 spiro atoms. The van der Waals surface area contributed by atoms with Gasteiger partial charge in [0.25, 0.3) is 0 Å². The summed E-state index contributed by atoms with van der Waals surface area (Å²) < 4.78 is 3.51. The first-order valence-electron chi connectivity index (χ1n) is 10.1. The maximum absolute atomic E-state index is 3.67. The lowest BCUT2D eigenvalue weighted by molar-refractivity contribution is 1.19. The van der Waals surface area contributed by atoms with Gasteiger partial charge in [0.05, 0.1) is 11.0 Å². The van der Waals surface area contributed by atoms with Gasteiger partial charge in [0, 0.05) is 26.3 Å². The Hall–Kier alpha value is -3.36. The fraction of sp³-hybridized carbons (Fsp3) is 0.